The molecule has 2 unspecified atom stereocenters. The second-order valence-corrected chi connectivity index (χ2v) is 5.79. The van der Waals surface area contributed by atoms with Gasteiger partial charge in [0.1, 0.15) is 0 Å². The van der Waals surface area contributed by atoms with E-state index in [0.29, 0.717) is 12.0 Å². The van der Waals surface area contributed by atoms with Gasteiger partial charge in [0.05, 0.1) is 6.10 Å². The third kappa shape index (κ3) is 4.52. The molecule has 18 heavy (non-hydrogen) atoms. The molecule has 0 heterocycles. The van der Waals surface area contributed by atoms with Crippen molar-refractivity contribution in [1.82, 2.24) is 5.43 Å². The molecule has 0 aromatic heterocycles. The highest BCUT2D eigenvalue weighted by Crippen LogP contribution is 2.31. The van der Waals surface area contributed by atoms with E-state index >= 15 is 0 Å². The quantitative estimate of drug-likeness (QED) is 0.518. The number of rotatable bonds is 8. The van der Waals surface area contributed by atoms with E-state index in [9.17, 15) is 0 Å². The first-order chi connectivity index (χ1) is 8.76. The molecule has 1 aliphatic rings. The van der Waals surface area contributed by atoms with Crippen molar-refractivity contribution in [2.45, 2.75) is 77.4 Å². The molecule has 2 atom stereocenters. The molecule has 0 aromatic rings. The summed E-state index contributed by atoms with van der Waals surface area (Å²) in [4.78, 5) is 0. The smallest absolute Gasteiger partial charge is 0.0765 e. The maximum absolute atomic E-state index is 5.79. The van der Waals surface area contributed by atoms with E-state index in [4.69, 9.17) is 10.6 Å². The summed E-state index contributed by atoms with van der Waals surface area (Å²) in [7, 11) is 1.84. The summed E-state index contributed by atoms with van der Waals surface area (Å²) in [6.07, 6.45) is 10.6. The monoisotopic (exact) mass is 256 g/mol. The Balaban J connectivity index is 2.57. The van der Waals surface area contributed by atoms with Gasteiger partial charge in [0.25, 0.3) is 0 Å². The second kappa shape index (κ2) is 8.89. The van der Waals surface area contributed by atoms with Crippen molar-refractivity contribution in [3.8, 4) is 0 Å². The van der Waals surface area contributed by atoms with E-state index < -0.39 is 0 Å². The number of nitrogens with one attached hydrogen (secondary N) is 1. The van der Waals surface area contributed by atoms with Gasteiger partial charge in [-0.3, -0.25) is 11.3 Å². The van der Waals surface area contributed by atoms with Crippen molar-refractivity contribution in [3.05, 3.63) is 0 Å². The summed E-state index contributed by atoms with van der Waals surface area (Å²) < 4.78 is 5.79. The molecule has 0 amide bonds. The normalized spacial score (nSPS) is 21.2. The summed E-state index contributed by atoms with van der Waals surface area (Å²) in [5.74, 6) is 7.23. The maximum atomic E-state index is 5.79. The maximum Gasteiger partial charge on any atom is 0.0765 e. The van der Waals surface area contributed by atoms with Crippen LogP contribution < -0.4 is 11.3 Å². The first-order valence-electron chi connectivity index (χ1n) is 7.75. The minimum atomic E-state index is 0.288. The minimum Gasteiger partial charge on any atom is -0.379 e. The highest BCUT2D eigenvalue weighted by molar-refractivity contribution is 4.85. The Bertz CT molecular complexity index is 201. The van der Waals surface area contributed by atoms with Gasteiger partial charge in [-0.25, -0.2) is 0 Å². The van der Waals surface area contributed by atoms with Crippen molar-refractivity contribution in [3.63, 3.8) is 0 Å². The van der Waals surface area contributed by atoms with Crippen LogP contribution in [0.1, 0.15) is 65.2 Å². The summed E-state index contributed by atoms with van der Waals surface area (Å²) in [6, 6.07) is 0.308. The third-order valence-electron chi connectivity index (χ3n) is 4.74. The molecule has 0 aliphatic heterocycles. The predicted molar refractivity (Wildman–Crippen MR) is 77.2 cm³/mol. The Morgan fingerprint density at radius 1 is 1.17 bits per heavy atom. The molecule has 1 saturated carbocycles. The molecular weight excluding hydrogens is 224 g/mol. The molecule has 3 nitrogen and oxygen atoms in total. The van der Waals surface area contributed by atoms with Gasteiger partial charge in [-0.05, 0) is 31.1 Å². The average Bonchev–Trinajstić information content (AvgIpc) is 2.44. The lowest BCUT2D eigenvalue weighted by Gasteiger charge is -2.36. The van der Waals surface area contributed by atoms with Crippen molar-refractivity contribution in [2.24, 2.45) is 17.7 Å². The first-order valence-corrected chi connectivity index (χ1v) is 7.75. The molecule has 0 spiro atoms. The van der Waals surface area contributed by atoms with Crippen LogP contribution in [0.3, 0.4) is 0 Å². The van der Waals surface area contributed by atoms with E-state index in [2.05, 4.69) is 19.3 Å². The second-order valence-electron chi connectivity index (χ2n) is 5.79. The fourth-order valence-electron chi connectivity index (χ4n) is 3.43. The zero-order valence-corrected chi connectivity index (χ0v) is 12.5. The highest BCUT2D eigenvalue weighted by atomic mass is 16.5. The van der Waals surface area contributed by atoms with Crippen LogP contribution in [0, 0.1) is 11.8 Å². The van der Waals surface area contributed by atoms with Crippen molar-refractivity contribution < 1.29 is 4.74 Å². The van der Waals surface area contributed by atoms with Crippen molar-refractivity contribution in [2.75, 3.05) is 7.11 Å². The summed E-state index contributed by atoms with van der Waals surface area (Å²) >= 11 is 0. The number of methoxy groups -OCH3 is 1. The van der Waals surface area contributed by atoms with Crippen LogP contribution in [0.2, 0.25) is 0 Å². The molecule has 0 saturated heterocycles. The molecular formula is C15H32N2O. The van der Waals surface area contributed by atoms with Gasteiger partial charge in [0.2, 0.25) is 0 Å². The number of hydrazine groups is 1. The molecule has 1 rings (SSSR count). The number of hydrogen-bond donors (Lipinski definition) is 2. The molecule has 1 fully saturated rings. The molecule has 0 bridgehead atoms. The number of ether oxygens (including phenoxy) is 1. The number of hydrogen-bond acceptors (Lipinski definition) is 3. The Morgan fingerprint density at radius 2 is 1.78 bits per heavy atom. The van der Waals surface area contributed by atoms with E-state index in [1.807, 2.05) is 7.11 Å². The fraction of sp³-hybridized carbons (Fsp3) is 1.00. The van der Waals surface area contributed by atoms with Crippen molar-refractivity contribution in [1.29, 1.82) is 0 Å². The average molecular weight is 256 g/mol. The molecule has 0 radical (unpaired) electrons. The Hall–Kier alpha value is -0.120. The van der Waals surface area contributed by atoms with Crippen LogP contribution in [0.5, 0.6) is 0 Å². The zero-order chi connectivity index (χ0) is 13.4. The predicted octanol–water partition coefficient (Wildman–Crippen LogP) is 3.24. The lowest BCUT2D eigenvalue weighted by molar-refractivity contribution is 0.00166. The Kier molecular flexibility index (Phi) is 7.87. The highest BCUT2D eigenvalue weighted by Gasteiger charge is 2.31. The van der Waals surface area contributed by atoms with Crippen LogP contribution in [0.15, 0.2) is 0 Å². The van der Waals surface area contributed by atoms with Gasteiger partial charge in [-0.15, -0.1) is 0 Å². The van der Waals surface area contributed by atoms with Gasteiger partial charge in [-0.1, -0.05) is 46.0 Å². The van der Waals surface area contributed by atoms with Gasteiger partial charge in [0, 0.05) is 13.2 Å². The number of nitrogens with two attached hydrogens (primary N) is 1. The van der Waals surface area contributed by atoms with Crippen LogP contribution in [-0.4, -0.2) is 19.3 Å². The van der Waals surface area contributed by atoms with Crippen LogP contribution in [0.25, 0.3) is 0 Å². The van der Waals surface area contributed by atoms with Crippen LogP contribution >= 0.6 is 0 Å². The summed E-state index contributed by atoms with van der Waals surface area (Å²) in [5.41, 5.74) is 3.02. The van der Waals surface area contributed by atoms with E-state index in [0.717, 1.165) is 12.3 Å². The summed E-state index contributed by atoms with van der Waals surface area (Å²) in [6.45, 7) is 4.54. The lowest BCUT2D eigenvalue weighted by atomic mass is 9.80. The van der Waals surface area contributed by atoms with E-state index in [1.165, 1.54) is 44.9 Å². The zero-order valence-electron chi connectivity index (χ0n) is 12.5. The third-order valence-corrected chi connectivity index (χ3v) is 4.74. The molecule has 108 valence electrons. The first kappa shape index (κ1) is 15.9. The topological polar surface area (TPSA) is 47.3 Å². The van der Waals surface area contributed by atoms with Gasteiger partial charge in [-0.2, -0.15) is 0 Å². The Morgan fingerprint density at radius 3 is 2.22 bits per heavy atom. The van der Waals surface area contributed by atoms with Crippen LogP contribution in [-0.2, 0) is 4.74 Å². The van der Waals surface area contributed by atoms with Gasteiger partial charge < -0.3 is 4.74 Å². The Labute approximate surface area is 113 Å². The molecule has 3 N–H and O–H groups in total. The lowest BCUT2D eigenvalue weighted by Crippen LogP contribution is -2.49. The standard InChI is InChI=1S/C15H32N2O/c1-4-12(5-2)11-14(17-16)15(18-3)13-9-7-6-8-10-13/h12-15,17H,4-11,16H2,1-3H3. The largest absolute Gasteiger partial charge is 0.379 e. The van der Waals surface area contributed by atoms with E-state index in [1.54, 1.807) is 0 Å². The molecule has 0 aromatic carbocycles. The van der Waals surface area contributed by atoms with Crippen LogP contribution in [0.4, 0.5) is 0 Å². The molecule has 1 aliphatic carbocycles. The minimum absolute atomic E-state index is 0.288. The molecule has 3 heteroatoms. The van der Waals surface area contributed by atoms with Crippen molar-refractivity contribution >= 4 is 0 Å². The summed E-state index contributed by atoms with van der Waals surface area (Å²) in [5, 5.41) is 0. The SMILES string of the molecule is CCC(CC)CC(NN)C(OC)C1CCCCC1. The fourth-order valence-corrected chi connectivity index (χ4v) is 3.43. The van der Waals surface area contributed by atoms with Gasteiger partial charge >= 0.3 is 0 Å². The van der Waals surface area contributed by atoms with Gasteiger partial charge in [0.15, 0.2) is 0 Å². The van der Waals surface area contributed by atoms with E-state index in [-0.39, 0.29) is 6.10 Å².